The number of hydrogen-bond donors (Lipinski definition) is 1. The molecule has 0 amide bonds. The molecule has 0 spiro atoms. The maximum absolute atomic E-state index is 4.33. The molecule has 2 rings (SSSR count). The Morgan fingerprint density at radius 1 is 1.29 bits per heavy atom. The SMILES string of the molecule is Cc1cccc(C)c1CNC(C)c1nccs1. The second-order valence-corrected chi connectivity index (χ2v) is 5.27. The zero-order valence-electron chi connectivity index (χ0n) is 10.5. The van der Waals surface area contributed by atoms with Crippen LogP contribution in [0.3, 0.4) is 0 Å². The molecular weight excluding hydrogens is 228 g/mol. The van der Waals surface area contributed by atoms with Gasteiger partial charge in [0.15, 0.2) is 0 Å². The number of aryl methyl sites for hydroxylation is 2. The van der Waals surface area contributed by atoms with E-state index in [9.17, 15) is 0 Å². The van der Waals surface area contributed by atoms with E-state index in [0.717, 1.165) is 11.6 Å². The first-order valence-corrected chi connectivity index (χ1v) is 6.74. The molecule has 1 aromatic carbocycles. The lowest BCUT2D eigenvalue weighted by molar-refractivity contribution is 0.569. The van der Waals surface area contributed by atoms with E-state index in [0.29, 0.717) is 6.04 Å². The van der Waals surface area contributed by atoms with Crippen molar-refractivity contribution in [3.63, 3.8) is 0 Å². The average Bonchev–Trinajstić information content (AvgIpc) is 2.81. The summed E-state index contributed by atoms with van der Waals surface area (Å²) in [5, 5.41) is 6.70. The molecular formula is C14H18N2S. The Morgan fingerprint density at radius 3 is 2.59 bits per heavy atom. The number of nitrogens with one attached hydrogen (secondary N) is 1. The van der Waals surface area contributed by atoms with Crippen LogP contribution >= 0.6 is 11.3 Å². The lowest BCUT2D eigenvalue weighted by Gasteiger charge is -2.14. The molecule has 0 radical (unpaired) electrons. The van der Waals surface area contributed by atoms with E-state index < -0.39 is 0 Å². The van der Waals surface area contributed by atoms with Crippen molar-refractivity contribution < 1.29 is 0 Å². The summed E-state index contributed by atoms with van der Waals surface area (Å²) in [6, 6.07) is 6.75. The maximum atomic E-state index is 4.33. The fourth-order valence-electron chi connectivity index (χ4n) is 1.92. The van der Waals surface area contributed by atoms with E-state index in [1.807, 2.05) is 11.6 Å². The van der Waals surface area contributed by atoms with E-state index in [1.54, 1.807) is 11.3 Å². The van der Waals surface area contributed by atoms with Crippen LogP contribution < -0.4 is 5.32 Å². The van der Waals surface area contributed by atoms with Crippen LogP contribution in [0.1, 0.15) is 34.7 Å². The molecule has 0 aliphatic rings. The summed E-state index contributed by atoms with van der Waals surface area (Å²) in [5.41, 5.74) is 4.10. The molecule has 90 valence electrons. The molecule has 0 saturated carbocycles. The Hall–Kier alpha value is -1.19. The number of nitrogens with zero attached hydrogens (tertiary/aromatic N) is 1. The smallest absolute Gasteiger partial charge is 0.109 e. The van der Waals surface area contributed by atoms with Crippen LogP contribution in [0.25, 0.3) is 0 Å². The van der Waals surface area contributed by atoms with Crippen molar-refractivity contribution >= 4 is 11.3 Å². The predicted octanol–water partition coefficient (Wildman–Crippen LogP) is 3.61. The minimum Gasteiger partial charge on any atom is -0.304 e. The topological polar surface area (TPSA) is 24.9 Å². The van der Waals surface area contributed by atoms with Gasteiger partial charge in [-0.05, 0) is 37.5 Å². The molecule has 0 aliphatic heterocycles. The zero-order valence-corrected chi connectivity index (χ0v) is 11.3. The third kappa shape index (κ3) is 2.93. The molecule has 1 heterocycles. The molecule has 1 atom stereocenters. The van der Waals surface area contributed by atoms with Crippen LogP contribution in [0, 0.1) is 13.8 Å². The van der Waals surface area contributed by atoms with Crippen LogP contribution in [0.2, 0.25) is 0 Å². The highest BCUT2D eigenvalue weighted by molar-refractivity contribution is 7.09. The quantitative estimate of drug-likeness (QED) is 0.891. The Labute approximate surface area is 107 Å². The van der Waals surface area contributed by atoms with Crippen LogP contribution in [0.15, 0.2) is 29.8 Å². The number of benzene rings is 1. The second-order valence-electron chi connectivity index (χ2n) is 4.34. The van der Waals surface area contributed by atoms with E-state index in [1.165, 1.54) is 16.7 Å². The van der Waals surface area contributed by atoms with Crippen LogP contribution in [0.4, 0.5) is 0 Å². The summed E-state index contributed by atoms with van der Waals surface area (Å²) < 4.78 is 0. The monoisotopic (exact) mass is 246 g/mol. The van der Waals surface area contributed by atoms with Gasteiger partial charge in [0.2, 0.25) is 0 Å². The summed E-state index contributed by atoms with van der Waals surface area (Å²) in [4.78, 5) is 4.33. The molecule has 2 aromatic rings. The zero-order chi connectivity index (χ0) is 12.3. The molecule has 0 aliphatic carbocycles. The standard InChI is InChI=1S/C14H18N2S/c1-10-5-4-6-11(2)13(10)9-16-12(3)14-15-7-8-17-14/h4-8,12,16H,9H2,1-3H3. The van der Waals surface area contributed by atoms with Crippen LogP contribution in [0.5, 0.6) is 0 Å². The predicted molar refractivity (Wildman–Crippen MR) is 73.3 cm³/mol. The number of thiazole rings is 1. The molecule has 17 heavy (non-hydrogen) atoms. The van der Waals surface area contributed by atoms with Crippen molar-refractivity contribution in [1.29, 1.82) is 0 Å². The van der Waals surface area contributed by atoms with Gasteiger partial charge in [-0.1, -0.05) is 18.2 Å². The van der Waals surface area contributed by atoms with Gasteiger partial charge in [-0.15, -0.1) is 11.3 Å². The lowest BCUT2D eigenvalue weighted by atomic mass is 10.0. The minimum atomic E-state index is 0.314. The Bertz CT molecular complexity index is 457. The van der Waals surface area contributed by atoms with Gasteiger partial charge in [0.1, 0.15) is 5.01 Å². The normalized spacial score (nSPS) is 12.6. The van der Waals surface area contributed by atoms with Gasteiger partial charge in [-0.25, -0.2) is 4.98 Å². The van der Waals surface area contributed by atoms with Gasteiger partial charge in [0.25, 0.3) is 0 Å². The molecule has 1 N–H and O–H groups in total. The third-order valence-electron chi connectivity index (χ3n) is 3.05. The highest BCUT2D eigenvalue weighted by Crippen LogP contribution is 2.17. The molecule has 0 fully saturated rings. The van der Waals surface area contributed by atoms with Gasteiger partial charge >= 0.3 is 0 Å². The van der Waals surface area contributed by atoms with Crippen LogP contribution in [-0.4, -0.2) is 4.98 Å². The van der Waals surface area contributed by atoms with Crippen molar-refractivity contribution in [2.75, 3.05) is 0 Å². The average molecular weight is 246 g/mol. The Morgan fingerprint density at radius 2 is 2.00 bits per heavy atom. The Balaban J connectivity index is 2.03. The number of rotatable bonds is 4. The summed E-state index contributed by atoms with van der Waals surface area (Å²) in [6.07, 6.45) is 1.86. The van der Waals surface area contributed by atoms with E-state index in [4.69, 9.17) is 0 Å². The molecule has 1 unspecified atom stereocenters. The summed E-state index contributed by atoms with van der Waals surface area (Å²) in [7, 11) is 0. The van der Waals surface area contributed by atoms with Crippen molar-refractivity contribution in [1.82, 2.24) is 10.3 Å². The second kappa shape index (κ2) is 5.43. The van der Waals surface area contributed by atoms with Crippen molar-refractivity contribution in [2.24, 2.45) is 0 Å². The molecule has 0 saturated heterocycles. The third-order valence-corrected chi connectivity index (χ3v) is 4.01. The largest absolute Gasteiger partial charge is 0.304 e. The highest BCUT2D eigenvalue weighted by Gasteiger charge is 2.08. The summed E-state index contributed by atoms with van der Waals surface area (Å²) in [5.74, 6) is 0. The van der Waals surface area contributed by atoms with Crippen molar-refractivity contribution in [3.8, 4) is 0 Å². The molecule has 3 heteroatoms. The van der Waals surface area contributed by atoms with E-state index in [2.05, 4.69) is 49.3 Å². The van der Waals surface area contributed by atoms with E-state index >= 15 is 0 Å². The van der Waals surface area contributed by atoms with Crippen molar-refractivity contribution in [3.05, 3.63) is 51.5 Å². The lowest BCUT2D eigenvalue weighted by Crippen LogP contribution is -2.19. The fourth-order valence-corrected chi connectivity index (χ4v) is 2.59. The van der Waals surface area contributed by atoms with Gasteiger partial charge in [-0.2, -0.15) is 0 Å². The molecule has 0 bridgehead atoms. The first kappa shape index (κ1) is 12.3. The van der Waals surface area contributed by atoms with Gasteiger partial charge in [0, 0.05) is 18.1 Å². The number of hydrogen-bond acceptors (Lipinski definition) is 3. The van der Waals surface area contributed by atoms with Gasteiger partial charge < -0.3 is 5.32 Å². The summed E-state index contributed by atoms with van der Waals surface area (Å²) >= 11 is 1.70. The van der Waals surface area contributed by atoms with Gasteiger partial charge in [-0.3, -0.25) is 0 Å². The van der Waals surface area contributed by atoms with Gasteiger partial charge in [0.05, 0.1) is 6.04 Å². The first-order valence-electron chi connectivity index (χ1n) is 5.86. The van der Waals surface area contributed by atoms with Crippen LogP contribution in [-0.2, 0) is 6.54 Å². The molecule has 1 aromatic heterocycles. The highest BCUT2D eigenvalue weighted by atomic mass is 32.1. The Kier molecular flexibility index (Phi) is 3.92. The molecule has 2 nitrogen and oxygen atoms in total. The minimum absolute atomic E-state index is 0.314. The number of aromatic nitrogens is 1. The maximum Gasteiger partial charge on any atom is 0.109 e. The van der Waals surface area contributed by atoms with Crippen molar-refractivity contribution in [2.45, 2.75) is 33.4 Å². The summed E-state index contributed by atoms with van der Waals surface area (Å²) in [6.45, 7) is 7.39. The first-order chi connectivity index (χ1) is 8.18. The van der Waals surface area contributed by atoms with E-state index in [-0.39, 0.29) is 0 Å². The fraction of sp³-hybridized carbons (Fsp3) is 0.357.